The summed E-state index contributed by atoms with van der Waals surface area (Å²) in [7, 11) is -2.19. The van der Waals surface area contributed by atoms with Crippen LogP contribution in [-0.2, 0) is 23.1 Å². The van der Waals surface area contributed by atoms with E-state index >= 15 is 0 Å². The highest BCUT2D eigenvalue weighted by Crippen LogP contribution is 2.13. The largest absolute Gasteiger partial charge is 0.447 e. The molecule has 0 amide bonds. The van der Waals surface area contributed by atoms with Gasteiger partial charge >= 0.3 is 0 Å². The summed E-state index contributed by atoms with van der Waals surface area (Å²) < 4.78 is 30.2. The van der Waals surface area contributed by atoms with Crippen molar-refractivity contribution < 1.29 is 12.8 Å². The Hall–Kier alpha value is -1.71. The highest BCUT2D eigenvalue weighted by Gasteiger charge is 2.15. The molecule has 0 aliphatic heterocycles. The lowest BCUT2D eigenvalue weighted by atomic mass is 10.4. The summed E-state index contributed by atoms with van der Waals surface area (Å²) in [5.74, 6) is 1.23. The number of furan rings is 1. The van der Waals surface area contributed by atoms with Gasteiger partial charge in [-0.3, -0.25) is 5.10 Å². The summed E-state index contributed by atoms with van der Waals surface area (Å²) in [6.07, 6.45) is 1.42. The first-order valence-electron chi connectivity index (χ1n) is 5.19. The number of sulfonamides is 1. The highest BCUT2D eigenvalue weighted by atomic mass is 32.2. The highest BCUT2D eigenvalue weighted by molar-refractivity contribution is 7.89. The number of aromatic amines is 1. The Morgan fingerprint density at radius 1 is 1.39 bits per heavy atom. The molecule has 18 heavy (non-hydrogen) atoms. The Labute approximate surface area is 104 Å². The van der Waals surface area contributed by atoms with Gasteiger partial charge in [0, 0.05) is 0 Å². The summed E-state index contributed by atoms with van der Waals surface area (Å²) in [4.78, 5) is 3.94. The van der Waals surface area contributed by atoms with Crippen molar-refractivity contribution in [2.45, 2.75) is 18.2 Å². The minimum atomic E-state index is -3.52. The maximum atomic E-state index is 11.4. The molecule has 3 N–H and O–H groups in total. The average molecular weight is 271 g/mol. The first-order chi connectivity index (χ1) is 8.62. The average Bonchev–Trinajstić information content (AvgIpc) is 3.00. The molecule has 0 bridgehead atoms. The van der Waals surface area contributed by atoms with Crippen LogP contribution in [0.5, 0.6) is 0 Å². The van der Waals surface area contributed by atoms with E-state index in [9.17, 15) is 8.42 Å². The van der Waals surface area contributed by atoms with Gasteiger partial charge in [0.25, 0.3) is 10.0 Å². The molecule has 2 rings (SSSR count). The van der Waals surface area contributed by atoms with Crippen LogP contribution in [0.1, 0.15) is 11.6 Å². The van der Waals surface area contributed by atoms with Crippen molar-refractivity contribution in [3.63, 3.8) is 0 Å². The molecule has 0 aliphatic rings. The molecule has 8 nitrogen and oxygen atoms in total. The van der Waals surface area contributed by atoms with E-state index < -0.39 is 10.0 Å². The fourth-order valence-corrected chi connectivity index (χ4v) is 1.98. The normalized spacial score (nSPS) is 11.8. The summed E-state index contributed by atoms with van der Waals surface area (Å²) >= 11 is 0. The van der Waals surface area contributed by atoms with Crippen molar-refractivity contribution in [1.82, 2.24) is 25.2 Å². The molecule has 98 valence electrons. The maximum absolute atomic E-state index is 11.4. The van der Waals surface area contributed by atoms with Gasteiger partial charge in [-0.05, 0) is 19.2 Å². The zero-order chi connectivity index (χ0) is 13.0. The third kappa shape index (κ3) is 2.94. The molecule has 0 aliphatic carbocycles. The van der Waals surface area contributed by atoms with Crippen LogP contribution in [0.25, 0.3) is 0 Å². The number of hydrogen-bond donors (Lipinski definition) is 3. The van der Waals surface area contributed by atoms with Crippen LogP contribution in [0, 0.1) is 0 Å². The predicted octanol–water partition coefficient (Wildman–Crippen LogP) is -0.404. The number of hydrogen-bond acceptors (Lipinski definition) is 6. The number of rotatable bonds is 6. The van der Waals surface area contributed by atoms with Gasteiger partial charge in [0.05, 0.1) is 13.1 Å². The van der Waals surface area contributed by atoms with Gasteiger partial charge in [-0.2, -0.15) is 5.10 Å². The van der Waals surface area contributed by atoms with Crippen molar-refractivity contribution in [3.8, 4) is 0 Å². The number of nitrogens with zero attached hydrogens (tertiary/aromatic N) is 2. The Balaban J connectivity index is 1.91. The smallest absolute Gasteiger partial charge is 0.273 e. The molecule has 2 aromatic heterocycles. The van der Waals surface area contributed by atoms with Gasteiger partial charge in [0.2, 0.25) is 5.09 Å². The van der Waals surface area contributed by atoms with Gasteiger partial charge in [0.15, 0.2) is 0 Å². The Kier molecular flexibility index (Phi) is 3.75. The molecular formula is C9H13N5O3S. The molecule has 0 unspecified atom stereocenters. The molecule has 0 saturated heterocycles. The molecule has 0 saturated carbocycles. The Morgan fingerprint density at radius 3 is 2.89 bits per heavy atom. The molecule has 2 aromatic rings. The zero-order valence-corrected chi connectivity index (χ0v) is 10.5. The van der Waals surface area contributed by atoms with Gasteiger partial charge in [-0.25, -0.2) is 18.1 Å². The summed E-state index contributed by atoms with van der Waals surface area (Å²) in [6, 6.07) is 3.02. The van der Waals surface area contributed by atoms with Crippen LogP contribution in [-0.4, -0.2) is 30.6 Å². The topological polar surface area (TPSA) is 113 Å². The van der Waals surface area contributed by atoms with E-state index in [4.69, 9.17) is 4.42 Å². The van der Waals surface area contributed by atoms with E-state index in [-0.39, 0.29) is 5.09 Å². The summed E-state index contributed by atoms with van der Waals surface area (Å²) in [6.45, 7) is 0.898. The monoisotopic (exact) mass is 271 g/mol. The molecule has 0 fully saturated rings. The lowest BCUT2D eigenvalue weighted by Gasteiger charge is -2.00. The maximum Gasteiger partial charge on any atom is 0.273 e. The van der Waals surface area contributed by atoms with E-state index in [0.717, 1.165) is 0 Å². The molecule has 0 aromatic carbocycles. The van der Waals surface area contributed by atoms with Crippen molar-refractivity contribution in [3.05, 3.63) is 30.0 Å². The van der Waals surface area contributed by atoms with Crippen molar-refractivity contribution >= 4 is 10.0 Å². The van der Waals surface area contributed by atoms with Crippen LogP contribution >= 0.6 is 0 Å². The summed E-state index contributed by atoms with van der Waals surface area (Å²) in [5, 5.41) is 9.36. The number of aromatic nitrogens is 3. The fourth-order valence-electron chi connectivity index (χ4n) is 1.32. The molecular weight excluding hydrogens is 258 g/mol. The Bertz CT molecular complexity index is 590. The van der Waals surface area contributed by atoms with Crippen LogP contribution in [0.15, 0.2) is 28.0 Å². The zero-order valence-electron chi connectivity index (χ0n) is 9.67. The van der Waals surface area contributed by atoms with Gasteiger partial charge in [-0.15, -0.1) is 0 Å². The standard InChI is InChI=1S/C9H13N5O3S/c1-10-18(15,16)9-3-2-7(17-9)4-11-5-8-12-6-13-14-8/h2-3,6,10-11H,4-5H2,1H3,(H,12,13,14). The molecule has 0 atom stereocenters. The minimum absolute atomic E-state index is 0.0959. The number of nitrogens with one attached hydrogen (secondary N) is 3. The fraction of sp³-hybridized carbons (Fsp3) is 0.333. The molecule has 9 heteroatoms. The quantitative estimate of drug-likeness (QED) is 0.658. The molecule has 0 spiro atoms. The second kappa shape index (κ2) is 5.29. The molecule has 2 heterocycles. The van der Waals surface area contributed by atoms with Crippen molar-refractivity contribution in [1.29, 1.82) is 0 Å². The lowest BCUT2D eigenvalue weighted by Crippen LogP contribution is -2.18. The first-order valence-corrected chi connectivity index (χ1v) is 6.67. The Morgan fingerprint density at radius 2 is 2.22 bits per heavy atom. The van der Waals surface area contributed by atoms with E-state index in [0.29, 0.717) is 24.7 Å². The van der Waals surface area contributed by atoms with Gasteiger partial charge < -0.3 is 9.73 Å². The van der Waals surface area contributed by atoms with E-state index in [1.165, 1.54) is 19.4 Å². The second-order valence-corrected chi connectivity index (χ2v) is 5.28. The summed E-state index contributed by atoms with van der Waals surface area (Å²) in [5.41, 5.74) is 0. The van der Waals surface area contributed by atoms with Crippen molar-refractivity contribution in [2.75, 3.05) is 7.05 Å². The minimum Gasteiger partial charge on any atom is -0.447 e. The van der Waals surface area contributed by atoms with Crippen LogP contribution in [0.3, 0.4) is 0 Å². The van der Waals surface area contributed by atoms with Gasteiger partial charge in [0.1, 0.15) is 17.9 Å². The molecule has 0 radical (unpaired) electrons. The van der Waals surface area contributed by atoms with Crippen LogP contribution in [0.2, 0.25) is 0 Å². The SMILES string of the molecule is CNS(=O)(=O)c1ccc(CNCc2ncn[nH]2)o1. The lowest BCUT2D eigenvalue weighted by molar-refractivity contribution is 0.399. The first kappa shape index (κ1) is 12.7. The van der Waals surface area contributed by atoms with Crippen LogP contribution in [0.4, 0.5) is 0 Å². The van der Waals surface area contributed by atoms with E-state index in [2.05, 4.69) is 25.2 Å². The predicted molar refractivity (Wildman–Crippen MR) is 61.9 cm³/mol. The second-order valence-electron chi connectivity index (χ2n) is 3.46. The van der Waals surface area contributed by atoms with Crippen molar-refractivity contribution in [2.24, 2.45) is 0 Å². The van der Waals surface area contributed by atoms with Gasteiger partial charge in [-0.1, -0.05) is 0 Å². The van der Waals surface area contributed by atoms with E-state index in [1.54, 1.807) is 6.07 Å². The third-order valence-corrected chi connectivity index (χ3v) is 3.51. The van der Waals surface area contributed by atoms with Crippen LogP contribution < -0.4 is 10.0 Å². The number of H-pyrrole nitrogens is 1. The van der Waals surface area contributed by atoms with E-state index in [1.807, 2.05) is 0 Å². The third-order valence-electron chi connectivity index (χ3n) is 2.23.